The predicted molar refractivity (Wildman–Crippen MR) is 103 cm³/mol. The van der Waals surface area contributed by atoms with Crippen molar-refractivity contribution in [3.8, 4) is 11.4 Å². The molecule has 0 saturated carbocycles. The van der Waals surface area contributed by atoms with Gasteiger partial charge in [0.05, 0.1) is 5.52 Å². The van der Waals surface area contributed by atoms with E-state index in [1.54, 1.807) is 0 Å². The normalized spacial score (nSPS) is 12.1. The van der Waals surface area contributed by atoms with Crippen molar-refractivity contribution in [3.63, 3.8) is 0 Å². The first-order chi connectivity index (χ1) is 11.3. The SMILES string of the molecule is Cc1cc(-c2ncc3cccc(C(C)C)c3n2)cc(C(C)(C)C)c1. The molecule has 0 atom stereocenters. The van der Waals surface area contributed by atoms with Crippen molar-refractivity contribution in [2.24, 2.45) is 0 Å². The Morgan fingerprint density at radius 2 is 1.75 bits per heavy atom. The summed E-state index contributed by atoms with van der Waals surface area (Å²) in [6.45, 7) is 13.3. The lowest BCUT2D eigenvalue weighted by molar-refractivity contribution is 0.590. The summed E-state index contributed by atoms with van der Waals surface area (Å²) < 4.78 is 0. The molecule has 0 fully saturated rings. The predicted octanol–water partition coefficient (Wildman–Crippen LogP) is 6.03. The van der Waals surface area contributed by atoms with Gasteiger partial charge in [0.1, 0.15) is 0 Å². The lowest BCUT2D eigenvalue weighted by atomic mass is 9.85. The molecule has 0 saturated heterocycles. The lowest BCUT2D eigenvalue weighted by Gasteiger charge is -2.20. The topological polar surface area (TPSA) is 25.8 Å². The molecule has 2 aromatic carbocycles. The second-order valence-electron chi connectivity index (χ2n) is 7.97. The van der Waals surface area contributed by atoms with Crippen LogP contribution in [-0.2, 0) is 5.41 Å². The van der Waals surface area contributed by atoms with Gasteiger partial charge in [-0.3, -0.25) is 0 Å². The highest BCUT2D eigenvalue weighted by atomic mass is 14.9. The molecule has 1 aromatic heterocycles. The summed E-state index contributed by atoms with van der Waals surface area (Å²) in [5.41, 5.74) is 6.12. The average Bonchev–Trinajstić information content (AvgIpc) is 2.52. The van der Waals surface area contributed by atoms with E-state index < -0.39 is 0 Å². The Kier molecular flexibility index (Phi) is 4.16. The van der Waals surface area contributed by atoms with E-state index in [2.05, 4.69) is 82.9 Å². The van der Waals surface area contributed by atoms with Gasteiger partial charge in [0.25, 0.3) is 0 Å². The summed E-state index contributed by atoms with van der Waals surface area (Å²) in [7, 11) is 0. The van der Waals surface area contributed by atoms with Crippen LogP contribution in [0.3, 0.4) is 0 Å². The number of aryl methyl sites for hydroxylation is 1. The molecule has 0 aliphatic rings. The van der Waals surface area contributed by atoms with Crippen LogP contribution in [0.2, 0.25) is 0 Å². The molecule has 0 aliphatic heterocycles. The Balaban J connectivity index is 2.20. The third-order valence-corrected chi connectivity index (χ3v) is 4.47. The van der Waals surface area contributed by atoms with Crippen molar-refractivity contribution in [2.75, 3.05) is 0 Å². The largest absolute Gasteiger partial charge is 0.236 e. The summed E-state index contributed by atoms with van der Waals surface area (Å²) >= 11 is 0. The quantitative estimate of drug-likeness (QED) is 0.577. The van der Waals surface area contributed by atoms with Crippen LogP contribution in [0.15, 0.2) is 42.6 Å². The summed E-state index contributed by atoms with van der Waals surface area (Å²) in [5, 5.41) is 1.11. The van der Waals surface area contributed by atoms with Gasteiger partial charge in [-0.25, -0.2) is 9.97 Å². The van der Waals surface area contributed by atoms with Gasteiger partial charge in [-0.2, -0.15) is 0 Å². The fourth-order valence-corrected chi connectivity index (χ4v) is 3.03. The van der Waals surface area contributed by atoms with Gasteiger partial charge in [-0.15, -0.1) is 0 Å². The van der Waals surface area contributed by atoms with Gasteiger partial charge in [0.15, 0.2) is 5.82 Å². The van der Waals surface area contributed by atoms with Gasteiger partial charge >= 0.3 is 0 Å². The Labute approximate surface area is 145 Å². The molecule has 3 rings (SSSR count). The molecule has 0 bridgehead atoms. The van der Waals surface area contributed by atoms with Crippen molar-refractivity contribution in [1.29, 1.82) is 0 Å². The van der Waals surface area contributed by atoms with Crippen LogP contribution in [0, 0.1) is 6.92 Å². The van der Waals surface area contributed by atoms with E-state index in [-0.39, 0.29) is 5.41 Å². The van der Waals surface area contributed by atoms with Gasteiger partial charge in [-0.05, 0) is 41.5 Å². The number of para-hydroxylation sites is 1. The van der Waals surface area contributed by atoms with E-state index in [0.29, 0.717) is 5.92 Å². The van der Waals surface area contributed by atoms with Crippen LogP contribution >= 0.6 is 0 Å². The first-order valence-corrected chi connectivity index (χ1v) is 8.64. The molecular formula is C22H26N2. The lowest BCUT2D eigenvalue weighted by Crippen LogP contribution is -2.11. The number of aromatic nitrogens is 2. The zero-order chi connectivity index (χ0) is 17.5. The maximum absolute atomic E-state index is 4.92. The van der Waals surface area contributed by atoms with Gasteiger partial charge < -0.3 is 0 Å². The van der Waals surface area contributed by atoms with Gasteiger partial charge in [0, 0.05) is 17.1 Å². The van der Waals surface area contributed by atoms with Crippen LogP contribution in [0.5, 0.6) is 0 Å². The van der Waals surface area contributed by atoms with E-state index in [1.807, 2.05) is 6.20 Å². The molecule has 24 heavy (non-hydrogen) atoms. The highest BCUT2D eigenvalue weighted by molar-refractivity contribution is 5.83. The molecular weight excluding hydrogens is 292 g/mol. The molecule has 1 heterocycles. The highest BCUT2D eigenvalue weighted by Gasteiger charge is 2.16. The average molecular weight is 318 g/mol. The Morgan fingerprint density at radius 1 is 1.00 bits per heavy atom. The summed E-state index contributed by atoms with van der Waals surface area (Å²) in [5.74, 6) is 1.25. The van der Waals surface area contributed by atoms with E-state index >= 15 is 0 Å². The monoisotopic (exact) mass is 318 g/mol. The number of fused-ring (bicyclic) bond motifs is 1. The summed E-state index contributed by atoms with van der Waals surface area (Å²) in [6, 6.07) is 13.0. The van der Waals surface area contributed by atoms with Crippen LogP contribution in [0.25, 0.3) is 22.3 Å². The molecule has 0 unspecified atom stereocenters. The molecule has 0 radical (unpaired) electrons. The number of rotatable bonds is 2. The fraction of sp³-hybridized carbons (Fsp3) is 0.364. The second kappa shape index (κ2) is 6.01. The summed E-state index contributed by atoms with van der Waals surface area (Å²) in [6.07, 6.45) is 1.95. The molecule has 2 heteroatoms. The zero-order valence-electron chi connectivity index (χ0n) is 15.5. The molecule has 0 spiro atoms. The molecule has 0 aliphatic carbocycles. The molecule has 124 valence electrons. The van der Waals surface area contributed by atoms with E-state index in [9.17, 15) is 0 Å². The van der Waals surface area contributed by atoms with E-state index in [1.165, 1.54) is 16.7 Å². The fourth-order valence-electron chi connectivity index (χ4n) is 3.03. The van der Waals surface area contributed by atoms with E-state index in [0.717, 1.165) is 22.3 Å². The Bertz CT molecular complexity index is 886. The smallest absolute Gasteiger partial charge is 0.159 e. The third-order valence-electron chi connectivity index (χ3n) is 4.47. The first-order valence-electron chi connectivity index (χ1n) is 8.64. The minimum atomic E-state index is 0.112. The first kappa shape index (κ1) is 16.6. The molecule has 0 N–H and O–H groups in total. The zero-order valence-corrected chi connectivity index (χ0v) is 15.5. The van der Waals surface area contributed by atoms with Crippen LogP contribution in [0.1, 0.15) is 57.2 Å². The summed E-state index contributed by atoms with van der Waals surface area (Å²) in [4.78, 5) is 9.55. The number of nitrogens with zero attached hydrogens (tertiary/aromatic N) is 2. The highest BCUT2D eigenvalue weighted by Crippen LogP contribution is 2.30. The standard InChI is InChI=1S/C22H26N2/c1-14(2)19-9-7-8-16-13-23-21(24-20(16)19)17-10-15(3)11-18(12-17)22(4,5)6/h7-14H,1-6H3. The van der Waals surface area contributed by atoms with Crippen molar-refractivity contribution in [2.45, 2.75) is 52.9 Å². The number of benzene rings is 2. The second-order valence-corrected chi connectivity index (χ2v) is 7.97. The minimum absolute atomic E-state index is 0.112. The number of hydrogen-bond acceptors (Lipinski definition) is 2. The maximum atomic E-state index is 4.92. The van der Waals surface area contributed by atoms with Gasteiger partial charge in [-0.1, -0.05) is 64.4 Å². The Hall–Kier alpha value is -2.22. The molecule has 0 amide bonds. The minimum Gasteiger partial charge on any atom is -0.236 e. The van der Waals surface area contributed by atoms with Crippen LogP contribution in [0.4, 0.5) is 0 Å². The van der Waals surface area contributed by atoms with Gasteiger partial charge in [0.2, 0.25) is 0 Å². The van der Waals surface area contributed by atoms with Crippen molar-refractivity contribution >= 4 is 10.9 Å². The Morgan fingerprint density at radius 3 is 2.42 bits per heavy atom. The van der Waals surface area contributed by atoms with Crippen LogP contribution in [-0.4, -0.2) is 9.97 Å². The van der Waals surface area contributed by atoms with Crippen molar-refractivity contribution < 1.29 is 0 Å². The van der Waals surface area contributed by atoms with E-state index in [4.69, 9.17) is 4.98 Å². The maximum Gasteiger partial charge on any atom is 0.159 e. The van der Waals surface area contributed by atoms with Crippen molar-refractivity contribution in [1.82, 2.24) is 9.97 Å². The molecule has 2 nitrogen and oxygen atoms in total. The third kappa shape index (κ3) is 3.19. The molecule has 3 aromatic rings. The van der Waals surface area contributed by atoms with Crippen LogP contribution < -0.4 is 0 Å². The number of hydrogen-bond donors (Lipinski definition) is 0. The van der Waals surface area contributed by atoms with Crippen molar-refractivity contribution in [3.05, 3.63) is 59.3 Å².